The van der Waals surface area contributed by atoms with Crippen molar-refractivity contribution in [1.29, 1.82) is 0 Å². The lowest BCUT2D eigenvalue weighted by atomic mass is 9.80. The van der Waals surface area contributed by atoms with Gasteiger partial charge >= 0.3 is 0 Å². The van der Waals surface area contributed by atoms with Gasteiger partial charge in [-0.15, -0.1) is 0 Å². The predicted molar refractivity (Wildman–Crippen MR) is 88.5 cm³/mol. The van der Waals surface area contributed by atoms with Gasteiger partial charge in [0, 0.05) is 23.9 Å². The van der Waals surface area contributed by atoms with Gasteiger partial charge in [-0.3, -0.25) is 0 Å². The van der Waals surface area contributed by atoms with Gasteiger partial charge in [0.25, 0.3) is 0 Å². The summed E-state index contributed by atoms with van der Waals surface area (Å²) in [6, 6.07) is 5.79. The minimum absolute atomic E-state index is 0.423. The number of rotatable bonds is 5. The van der Waals surface area contributed by atoms with E-state index in [9.17, 15) is 0 Å². The molecule has 0 spiro atoms. The molecule has 4 heteroatoms. The summed E-state index contributed by atoms with van der Waals surface area (Å²) in [5, 5.41) is 3.52. The van der Waals surface area contributed by atoms with E-state index in [1.807, 2.05) is 18.2 Å². The Morgan fingerprint density at radius 2 is 2.15 bits per heavy atom. The van der Waals surface area contributed by atoms with Crippen molar-refractivity contribution in [3.05, 3.63) is 23.8 Å². The Morgan fingerprint density at radius 1 is 1.40 bits per heavy atom. The zero-order chi connectivity index (χ0) is 14.5. The largest absolute Gasteiger partial charge is 0.497 e. The highest BCUT2D eigenvalue weighted by Crippen LogP contribution is 2.30. The number of benzene rings is 1. The Balaban J connectivity index is 2.08. The highest BCUT2D eigenvalue weighted by Gasteiger charge is 2.21. The third kappa shape index (κ3) is 3.63. The lowest BCUT2D eigenvalue weighted by molar-refractivity contribution is 0.268. The van der Waals surface area contributed by atoms with E-state index in [0.717, 1.165) is 35.4 Å². The fourth-order valence-corrected chi connectivity index (χ4v) is 3.13. The molecule has 0 heterocycles. The maximum absolute atomic E-state index is 5.79. The van der Waals surface area contributed by atoms with E-state index in [0.29, 0.717) is 4.99 Å². The normalized spacial score (nSPS) is 22.3. The first-order valence-electron chi connectivity index (χ1n) is 7.33. The molecule has 0 bridgehead atoms. The summed E-state index contributed by atoms with van der Waals surface area (Å²) < 4.78 is 5.28. The second kappa shape index (κ2) is 6.93. The van der Waals surface area contributed by atoms with E-state index in [2.05, 4.69) is 12.2 Å². The van der Waals surface area contributed by atoms with Gasteiger partial charge in [-0.2, -0.15) is 0 Å². The van der Waals surface area contributed by atoms with E-state index < -0.39 is 0 Å². The Kier molecular flexibility index (Phi) is 5.24. The van der Waals surface area contributed by atoms with Gasteiger partial charge < -0.3 is 15.8 Å². The van der Waals surface area contributed by atoms with Crippen LogP contribution in [-0.4, -0.2) is 18.6 Å². The van der Waals surface area contributed by atoms with Crippen LogP contribution in [0.15, 0.2) is 18.2 Å². The molecule has 0 saturated heterocycles. The van der Waals surface area contributed by atoms with Crippen LogP contribution in [-0.2, 0) is 0 Å². The Bertz CT molecular complexity index is 476. The molecular weight excluding hydrogens is 268 g/mol. The van der Waals surface area contributed by atoms with Crippen molar-refractivity contribution in [3.63, 3.8) is 0 Å². The fourth-order valence-electron chi connectivity index (χ4n) is 2.95. The Hall–Kier alpha value is -1.29. The molecule has 1 aromatic rings. The quantitative estimate of drug-likeness (QED) is 0.815. The number of nitrogens with one attached hydrogen (secondary N) is 1. The standard InChI is InChI=1S/C16H24N2OS/c1-11-5-3-4-6-12(11)10-18-15-9-13(19-2)7-8-14(15)16(17)20/h7-9,11-12,18H,3-6,10H2,1-2H3,(H2,17,20). The van der Waals surface area contributed by atoms with E-state index in [1.165, 1.54) is 25.7 Å². The lowest BCUT2D eigenvalue weighted by Crippen LogP contribution is -2.25. The zero-order valence-electron chi connectivity index (χ0n) is 12.3. The topological polar surface area (TPSA) is 47.3 Å². The summed E-state index contributed by atoms with van der Waals surface area (Å²) in [5.41, 5.74) is 7.67. The minimum atomic E-state index is 0.423. The van der Waals surface area contributed by atoms with Crippen molar-refractivity contribution >= 4 is 22.9 Å². The van der Waals surface area contributed by atoms with Crippen molar-refractivity contribution in [1.82, 2.24) is 0 Å². The maximum Gasteiger partial charge on any atom is 0.120 e. The number of thiocarbonyl (C=S) groups is 1. The SMILES string of the molecule is COc1ccc(C(N)=S)c(NCC2CCCCC2C)c1. The number of hydrogen-bond donors (Lipinski definition) is 2. The van der Waals surface area contributed by atoms with Crippen LogP contribution in [0, 0.1) is 11.8 Å². The third-order valence-corrected chi connectivity index (χ3v) is 4.56. The molecule has 0 amide bonds. The van der Waals surface area contributed by atoms with Crippen LogP contribution in [0.4, 0.5) is 5.69 Å². The van der Waals surface area contributed by atoms with Crippen LogP contribution in [0.1, 0.15) is 38.2 Å². The molecule has 3 nitrogen and oxygen atoms in total. The molecular formula is C16H24N2OS. The molecule has 1 aliphatic rings. The van der Waals surface area contributed by atoms with Gasteiger partial charge in [-0.1, -0.05) is 38.4 Å². The van der Waals surface area contributed by atoms with E-state index >= 15 is 0 Å². The minimum Gasteiger partial charge on any atom is -0.497 e. The first-order chi connectivity index (χ1) is 9.61. The Labute approximate surface area is 126 Å². The maximum atomic E-state index is 5.79. The van der Waals surface area contributed by atoms with Crippen LogP contribution >= 0.6 is 12.2 Å². The van der Waals surface area contributed by atoms with E-state index in [1.54, 1.807) is 7.11 Å². The van der Waals surface area contributed by atoms with E-state index in [-0.39, 0.29) is 0 Å². The van der Waals surface area contributed by atoms with Crippen molar-refractivity contribution < 1.29 is 4.74 Å². The van der Waals surface area contributed by atoms with Crippen molar-refractivity contribution in [2.45, 2.75) is 32.6 Å². The van der Waals surface area contributed by atoms with Crippen LogP contribution in [0.2, 0.25) is 0 Å². The van der Waals surface area contributed by atoms with Crippen molar-refractivity contribution in [2.24, 2.45) is 17.6 Å². The first-order valence-corrected chi connectivity index (χ1v) is 7.74. The average molecular weight is 292 g/mol. The summed E-state index contributed by atoms with van der Waals surface area (Å²) in [5.74, 6) is 2.34. The summed E-state index contributed by atoms with van der Waals surface area (Å²) in [6.07, 6.45) is 5.36. The number of methoxy groups -OCH3 is 1. The number of anilines is 1. The van der Waals surface area contributed by atoms with Gasteiger partial charge in [0.15, 0.2) is 0 Å². The molecule has 0 aliphatic heterocycles. The van der Waals surface area contributed by atoms with E-state index in [4.69, 9.17) is 22.7 Å². The van der Waals surface area contributed by atoms with Gasteiger partial charge in [0.2, 0.25) is 0 Å². The summed E-state index contributed by atoms with van der Waals surface area (Å²) in [6.45, 7) is 3.33. The van der Waals surface area contributed by atoms with Gasteiger partial charge in [0.05, 0.1) is 7.11 Å². The van der Waals surface area contributed by atoms with Gasteiger partial charge in [-0.25, -0.2) is 0 Å². The number of nitrogens with two attached hydrogens (primary N) is 1. The van der Waals surface area contributed by atoms with Crippen LogP contribution < -0.4 is 15.8 Å². The molecule has 1 aliphatic carbocycles. The highest BCUT2D eigenvalue weighted by molar-refractivity contribution is 7.80. The fraction of sp³-hybridized carbons (Fsp3) is 0.562. The molecule has 2 unspecified atom stereocenters. The van der Waals surface area contributed by atoms with Crippen molar-refractivity contribution in [3.8, 4) is 5.75 Å². The molecule has 3 N–H and O–H groups in total. The van der Waals surface area contributed by atoms with Gasteiger partial charge in [0.1, 0.15) is 10.7 Å². The first kappa shape index (κ1) is 15.1. The molecule has 1 fully saturated rings. The molecule has 20 heavy (non-hydrogen) atoms. The second-order valence-electron chi connectivity index (χ2n) is 5.68. The molecule has 2 atom stereocenters. The number of ether oxygens (including phenoxy) is 1. The van der Waals surface area contributed by atoms with Crippen LogP contribution in [0.25, 0.3) is 0 Å². The molecule has 1 aromatic carbocycles. The van der Waals surface area contributed by atoms with Gasteiger partial charge in [-0.05, 0) is 30.4 Å². The molecule has 110 valence electrons. The monoisotopic (exact) mass is 292 g/mol. The molecule has 1 saturated carbocycles. The van der Waals surface area contributed by atoms with Crippen LogP contribution in [0.5, 0.6) is 5.75 Å². The second-order valence-corrected chi connectivity index (χ2v) is 6.12. The summed E-state index contributed by atoms with van der Waals surface area (Å²) >= 11 is 5.12. The zero-order valence-corrected chi connectivity index (χ0v) is 13.1. The molecule has 0 radical (unpaired) electrons. The molecule has 2 rings (SSSR count). The predicted octanol–water partition coefficient (Wildman–Crippen LogP) is 3.57. The Morgan fingerprint density at radius 3 is 2.80 bits per heavy atom. The lowest BCUT2D eigenvalue weighted by Gasteiger charge is -2.29. The highest BCUT2D eigenvalue weighted by atomic mass is 32.1. The number of hydrogen-bond acceptors (Lipinski definition) is 3. The smallest absolute Gasteiger partial charge is 0.120 e. The average Bonchev–Trinajstić information content (AvgIpc) is 2.46. The van der Waals surface area contributed by atoms with Crippen LogP contribution in [0.3, 0.4) is 0 Å². The summed E-state index contributed by atoms with van der Waals surface area (Å²) in [7, 11) is 1.67. The summed E-state index contributed by atoms with van der Waals surface area (Å²) in [4.78, 5) is 0.423. The third-order valence-electron chi connectivity index (χ3n) is 4.34. The molecule has 0 aromatic heterocycles. The van der Waals surface area contributed by atoms with Crippen molar-refractivity contribution in [2.75, 3.05) is 19.0 Å².